The molecule has 0 radical (unpaired) electrons. The first-order chi connectivity index (χ1) is 15.6. The van der Waals surface area contributed by atoms with Crippen molar-refractivity contribution < 1.29 is 8.83 Å². The summed E-state index contributed by atoms with van der Waals surface area (Å²) in [5.74, 6) is 1.97. The molecule has 32 heavy (non-hydrogen) atoms. The summed E-state index contributed by atoms with van der Waals surface area (Å²) < 4.78 is 12.1. The Labute approximate surface area is 185 Å². The predicted molar refractivity (Wildman–Crippen MR) is 129 cm³/mol. The monoisotopic (exact) mass is 420 g/mol. The molecule has 4 aromatic carbocycles. The highest BCUT2D eigenvalue weighted by Crippen LogP contribution is 2.33. The van der Waals surface area contributed by atoms with Crippen molar-refractivity contribution in [3.05, 3.63) is 84.1 Å². The Morgan fingerprint density at radius 1 is 0.719 bits per heavy atom. The van der Waals surface area contributed by atoms with E-state index in [-0.39, 0.29) is 11.8 Å². The van der Waals surface area contributed by atoms with E-state index in [9.17, 15) is 0 Å². The Morgan fingerprint density at radius 2 is 1.50 bits per heavy atom. The van der Waals surface area contributed by atoms with E-state index in [1.165, 1.54) is 21.7 Å². The second-order valence-corrected chi connectivity index (χ2v) is 8.96. The quantitative estimate of drug-likeness (QED) is 0.293. The van der Waals surface area contributed by atoms with Crippen LogP contribution in [0.2, 0.25) is 0 Å². The zero-order chi connectivity index (χ0) is 21.8. The van der Waals surface area contributed by atoms with E-state index in [0.717, 1.165) is 45.8 Å². The van der Waals surface area contributed by atoms with Gasteiger partial charge in [-0.25, -0.2) is 9.97 Å². The molecule has 2 aromatic heterocycles. The Balaban J connectivity index is 1.39. The third-order valence-electron chi connectivity index (χ3n) is 6.24. The van der Waals surface area contributed by atoms with Gasteiger partial charge in [-0.1, -0.05) is 69.3 Å². The molecule has 4 heteroatoms. The normalized spacial score (nSPS) is 13.1. The van der Waals surface area contributed by atoms with Gasteiger partial charge < -0.3 is 8.83 Å². The van der Waals surface area contributed by atoms with Gasteiger partial charge in [-0.15, -0.1) is 0 Å². The first-order valence-electron chi connectivity index (χ1n) is 11.2. The van der Waals surface area contributed by atoms with Crippen LogP contribution >= 0.6 is 0 Å². The Hall–Kier alpha value is -3.66. The summed E-state index contributed by atoms with van der Waals surface area (Å²) in [6, 6.07) is 23.1. The molecule has 0 aliphatic rings. The van der Waals surface area contributed by atoms with Crippen LogP contribution in [0.5, 0.6) is 0 Å². The summed E-state index contributed by atoms with van der Waals surface area (Å²) in [6.07, 6.45) is 0.837. The zero-order valence-corrected chi connectivity index (χ0v) is 18.4. The largest absolute Gasteiger partial charge is 0.440 e. The molecule has 1 atom stereocenters. The fourth-order valence-electron chi connectivity index (χ4n) is 4.51. The third-order valence-corrected chi connectivity index (χ3v) is 6.24. The Morgan fingerprint density at radius 3 is 2.31 bits per heavy atom. The first-order valence-corrected chi connectivity index (χ1v) is 11.2. The van der Waals surface area contributed by atoms with Gasteiger partial charge in [0.05, 0.1) is 0 Å². The highest BCUT2D eigenvalue weighted by Gasteiger charge is 2.18. The minimum atomic E-state index is 0.148. The lowest BCUT2D eigenvalue weighted by molar-refractivity contribution is 0.485. The van der Waals surface area contributed by atoms with E-state index in [4.69, 9.17) is 18.8 Å². The maximum Gasteiger partial charge on any atom is 0.198 e. The van der Waals surface area contributed by atoms with Crippen LogP contribution in [0.25, 0.3) is 43.7 Å². The molecule has 0 fully saturated rings. The number of rotatable bonds is 4. The molecule has 4 nitrogen and oxygen atoms in total. The van der Waals surface area contributed by atoms with Crippen molar-refractivity contribution in [2.75, 3.05) is 0 Å². The van der Waals surface area contributed by atoms with Gasteiger partial charge in [0.1, 0.15) is 11.0 Å². The Bertz CT molecular complexity index is 1550. The number of oxazole rings is 2. The maximum absolute atomic E-state index is 6.18. The van der Waals surface area contributed by atoms with E-state index in [0.29, 0.717) is 0 Å². The fourth-order valence-corrected chi connectivity index (χ4v) is 4.51. The summed E-state index contributed by atoms with van der Waals surface area (Å²) in [5.41, 5.74) is 4.80. The molecule has 0 spiro atoms. The topological polar surface area (TPSA) is 52.1 Å². The molecule has 6 aromatic rings. The minimum Gasteiger partial charge on any atom is -0.440 e. The van der Waals surface area contributed by atoms with Gasteiger partial charge in [0.25, 0.3) is 0 Å². The van der Waals surface area contributed by atoms with Gasteiger partial charge in [-0.05, 0) is 46.3 Å². The van der Waals surface area contributed by atoms with Gasteiger partial charge in [-0.2, -0.15) is 0 Å². The maximum atomic E-state index is 6.18. The van der Waals surface area contributed by atoms with Crippen LogP contribution in [0.4, 0.5) is 0 Å². The molecule has 1 unspecified atom stereocenters. The molecule has 0 aliphatic heterocycles. The second kappa shape index (κ2) is 7.20. The minimum absolute atomic E-state index is 0.148. The van der Waals surface area contributed by atoms with E-state index >= 15 is 0 Å². The summed E-state index contributed by atoms with van der Waals surface area (Å²) in [5, 5.41) is 4.68. The first kappa shape index (κ1) is 19.1. The van der Waals surface area contributed by atoms with Gasteiger partial charge >= 0.3 is 0 Å². The number of hydrogen-bond acceptors (Lipinski definition) is 4. The van der Waals surface area contributed by atoms with E-state index in [1.807, 2.05) is 18.2 Å². The van der Waals surface area contributed by atoms with Crippen LogP contribution in [0.3, 0.4) is 0 Å². The van der Waals surface area contributed by atoms with Crippen LogP contribution in [0, 0.1) is 0 Å². The Kier molecular flexibility index (Phi) is 4.29. The number of aromatic nitrogens is 2. The summed E-state index contributed by atoms with van der Waals surface area (Å²) in [6.45, 7) is 6.38. The lowest BCUT2D eigenvalue weighted by atomic mass is 9.95. The number of nitrogens with zero attached hydrogens (tertiary/aromatic N) is 2. The van der Waals surface area contributed by atoms with Crippen molar-refractivity contribution in [3.8, 4) is 0 Å². The van der Waals surface area contributed by atoms with Crippen molar-refractivity contribution in [1.82, 2.24) is 9.97 Å². The molecule has 0 saturated heterocycles. The van der Waals surface area contributed by atoms with Gasteiger partial charge in [0, 0.05) is 17.2 Å². The smallest absolute Gasteiger partial charge is 0.198 e. The average Bonchev–Trinajstić information content (AvgIpc) is 3.42. The van der Waals surface area contributed by atoms with Crippen LogP contribution in [0.15, 0.2) is 75.6 Å². The SMILES string of the molecule is CC(C)c1nc2c(ccc3c(CC(C)c4nc5cc6ccccc6cc5o4)cccc32)o1. The van der Waals surface area contributed by atoms with Crippen LogP contribution in [-0.2, 0) is 6.42 Å². The van der Waals surface area contributed by atoms with Gasteiger partial charge in [0.2, 0.25) is 0 Å². The van der Waals surface area contributed by atoms with Crippen molar-refractivity contribution in [1.29, 1.82) is 0 Å². The third kappa shape index (κ3) is 3.06. The molecule has 0 bridgehead atoms. The van der Waals surface area contributed by atoms with Crippen LogP contribution in [0.1, 0.15) is 50.0 Å². The lowest BCUT2D eigenvalue weighted by Crippen LogP contribution is -1.99. The van der Waals surface area contributed by atoms with Gasteiger partial charge in [-0.3, -0.25) is 0 Å². The van der Waals surface area contributed by atoms with E-state index < -0.39 is 0 Å². The summed E-state index contributed by atoms with van der Waals surface area (Å²) in [7, 11) is 0. The van der Waals surface area contributed by atoms with Crippen LogP contribution < -0.4 is 0 Å². The molecule has 0 saturated carbocycles. The standard InChI is InChI=1S/C28H24N2O2/c1-16(2)27-30-26-22-10-6-9-20(21(22)11-12-24(26)31-27)13-17(3)28-29-23-14-18-7-4-5-8-19(18)15-25(23)32-28/h4-12,14-17H,13H2,1-3H3. The second-order valence-electron chi connectivity index (χ2n) is 8.96. The summed E-state index contributed by atoms with van der Waals surface area (Å²) >= 11 is 0. The molecule has 0 aliphatic carbocycles. The lowest BCUT2D eigenvalue weighted by Gasteiger charge is -2.10. The fraction of sp³-hybridized carbons (Fsp3) is 0.214. The van der Waals surface area contributed by atoms with Gasteiger partial charge in [0.15, 0.2) is 22.9 Å². The van der Waals surface area contributed by atoms with Crippen molar-refractivity contribution in [3.63, 3.8) is 0 Å². The molecule has 6 rings (SSSR count). The molecule has 0 N–H and O–H groups in total. The van der Waals surface area contributed by atoms with Crippen molar-refractivity contribution >= 4 is 43.7 Å². The number of hydrogen-bond donors (Lipinski definition) is 0. The molecular weight excluding hydrogens is 396 g/mol. The molecule has 158 valence electrons. The average molecular weight is 421 g/mol. The highest BCUT2D eigenvalue weighted by atomic mass is 16.4. The molecule has 0 amide bonds. The number of fused-ring (bicyclic) bond motifs is 5. The van der Waals surface area contributed by atoms with E-state index in [1.54, 1.807) is 0 Å². The number of benzene rings is 4. The highest BCUT2D eigenvalue weighted by molar-refractivity contribution is 6.04. The van der Waals surface area contributed by atoms with E-state index in [2.05, 4.69) is 69.3 Å². The van der Waals surface area contributed by atoms with Crippen molar-refractivity contribution in [2.24, 2.45) is 0 Å². The zero-order valence-electron chi connectivity index (χ0n) is 18.4. The molecular formula is C28H24N2O2. The van der Waals surface area contributed by atoms with Crippen LogP contribution in [-0.4, -0.2) is 9.97 Å². The van der Waals surface area contributed by atoms with Crippen molar-refractivity contribution in [2.45, 2.75) is 39.0 Å². The summed E-state index contributed by atoms with van der Waals surface area (Å²) in [4.78, 5) is 9.59. The molecule has 2 heterocycles. The predicted octanol–water partition coefficient (Wildman–Crippen LogP) is 7.75.